The fourth-order valence-electron chi connectivity index (χ4n) is 1.56. The van der Waals surface area contributed by atoms with Crippen LogP contribution in [0.3, 0.4) is 0 Å². The van der Waals surface area contributed by atoms with E-state index in [1.807, 2.05) is 31.4 Å². The Kier molecular flexibility index (Phi) is 4.69. The van der Waals surface area contributed by atoms with Crippen LogP contribution in [0.25, 0.3) is 0 Å². The van der Waals surface area contributed by atoms with E-state index < -0.39 is 11.9 Å². The summed E-state index contributed by atoms with van der Waals surface area (Å²) in [6, 6.07) is 3.71. The zero-order chi connectivity index (χ0) is 13.0. The number of hydrogen-bond acceptors (Lipinski definition) is 4. The average Bonchev–Trinajstić information content (AvgIpc) is 2.80. The summed E-state index contributed by atoms with van der Waals surface area (Å²) in [5.74, 6) is -1.54. The molecule has 1 heterocycles. The second kappa shape index (κ2) is 5.82. The fraction of sp³-hybridized carbons (Fsp3) is 0.500. The first-order chi connectivity index (χ1) is 7.99. The number of thiophene rings is 1. The van der Waals surface area contributed by atoms with Gasteiger partial charge in [-0.3, -0.25) is 9.59 Å². The Morgan fingerprint density at radius 3 is 2.47 bits per heavy atom. The van der Waals surface area contributed by atoms with Crippen LogP contribution in [-0.2, 0) is 14.3 Å². The van der Waals surface area contributed by atoms with Crippen molar-refractivity contribution in [1.82, 2.24) is 0 Å². The van der Waals surface area contributed by atoms with Crippen LogP contribution in [-0.4, -0.2) is 26.0 Å². The first kappa shape index (κ1) is 13.7. The van der Waals surface area contributed by atoms with Crippen LogP contribution in [0.1, 0.15) is 13.8 Å². The van der Waals surface area contributed by atoms with Gasteiger partial charge in [0.2, 0.25) is 5.91 Å². The monoisotopic (exact) mass is 255 g/mol. The van der Waals surface area contributed by atoms with Crippen molar-refractivity contribution in [3.05, 3.63) is 17.5 Å². The number of hydrogen-bond donors (Lipinski definition) is 0. The van der Waals surface area contributed by atoms with Crippen LogP contribution in [0.2, 0.25) is 0 Å². The lowest BCUT2D eigenvalue weighted by Gasteiger charge is -2.23. The molecule has 17 heavy (non-hydrogen) atoms. The van der Waals surface area contributed by atoms with Crippen molar-refractivity contribution in [1.29, 1.82) is 0 Å². The molecule has 0 aliphatic carbocycles. The maximum absolute atomic E-state index is 12.2. The van der Waals surface area contributed by atoms with Crippen molar-refractivity contribution in [2.75, 3.05) is 19.1 Å². The fourth-order valence-corrected chi connectivity index (χ4v) is 2.26. The number of carbonyl (C=O) groups excluding carboxylic acids is 2. The molecule has 1 unspecified atom stereocenters. The van der Waals surface area contributed by atoms with Gasteiger partial charge in [-0.2, -0.15) is 0 Å². The third-order valence-electron chi connectivity index (χ3n) is 2.56. The second-order valence-corrected chi connectivity index (χ2v) is 5.02. The summed E-state index contributed by atoms with van der Waals surface area (Å²) in [5.41, 5.74) is 0. The molecule has 1 aromatic rings. The van der Waals surface area contributed by atoms with Crippen molar-refractivity contribution in [2.45, 2.75) is 13.8 Å². The molecule has 0 aliphatic heterocycles. The van der Waals surface area contributed by atoms with Crippen LogP contribution in [0.4, 0.5) is 5.00 Å². The third-order valence-corrected chi connectivity index (χ3v) is 3.50. The third kappa shape index (κ3) is 3.06. The van der Waals surface area contributed by atoms with E-state index in [-0.39, 0.29) is 11.8 Å². The Labute approximate surface area is 105 Å². The number of rotatable bonds is 4. The van der Waals surface area contributed by atoms with Gasteiger partial charge in [-0.15, -0.1) is 11.3 Å². The van der Waals surface area contributed by atoms with Gasteiger partial charge in [-0.25, -0.2) is 0 Å². The highest BCUT2D eigenvalue weighted by atomic mass is 32.1. The standard InChI is InChI=1S/C12H17NO3S/c1-8(2)10(12(15)16-4)11(14)13(3)9-6-5-7-17-9/h5-8,10H,1-4H3. The van der Waals surface area contributed by atoms with E-state index in [0.29, 0.717) is 0 Å². The van der Waals surface area contributed by atoms with Crippen molar-refractivity contribution in [3.8, 4) is 0 Å². The Morgan fingerprint density at radius 2 is 2.06 bits per heavy atom. The Hall–Kier alpha value is -1.36. The number of carbonyl (C=O) groups is 2. The minimum Gasteiger partial charge on any atom is -0.468 e. The van der Waals surface area contributed by atoms with Crippen molar-refractivity contribution in [2.24, 2.45) is 11.8 Å². The predicted molar refractivity (Wildman–Crippen MR) is 68.1 cm³/mol. The lowest BCUT2D eigenvalue weighted by atomic mass is 9.94. The number of ether oxygens (including phenoxy) is 1. The van der Waals surface area contributed by atoms with Gasteiger partial charge in [-0.05, 0) is 23.4 Å². The zero-order valence-corrected chi connectivity index (χ0v) is 11.3. The van der Waals surface area contributed by atoms with E-state index in [2.05, 4.69) is 4.74 Å². The highest BCUT2D eigenvalue weighted by Gasteiger charge is 2.33. The number of methoxy groups -OCH3 is 1. The quantitative estimate of drug-likeness (QED) is 0.612. The van der Waals surface area contributed by atoms with Crippen LogP contribution < -0.4 is 4.90 Å². The topological polar surface area (TPSA) is 46.6 Å². The van der Waals surface area contributed by atoms with Crippen LogP contribution in [0.15, 0.2) is 17.5 Å². The van der Waals surface area contributed by atoms with Crippen molar-refractivity contribution >= 4 is 28.2 Å². The Morgan fingerprint density at radius 1 is 1.41 bits per heavy atom. The summed E-state index contributed by atoms with van der Waals surface area (Å²) in [6.45, 7) is 3.67. The Balaban J connectivity index is 2.89. The first-order valence-electron chi connectivity index (χ1n) is 5.38. The molecule has 0 bridgehead atoms. The van der Waals surface area contributed by atoms with Gasteiger partial charge >= 0.3 is 5.97 Å². The Bertz CT molecular complexity index is 386. The highest BCUT2D eigenvalue weighted by molar-refractivity contribution is 7.14. The molecule has 94 valence electrons. The van der Waals surface area contributed by atoms with Crippen molar-refractivity contribution < 1.29 is 14.3 Å². The summed E-state index contributed by atoms with van der Waals surface area (Å²) in [6.07, 6.45) is 0. The van der Waals surface area contributed by atoms with E-state index >= 15 is 0 Å². The molecule has 0 aliphatic rings. The van der Waals surface area contributed by atoms with Gasteiger partial charge in [0.1, 0.15) is 5.92 Å². The van der Waals surface area contributed by atoms with Crippen LogP contribution >= 0.6 is 11.3 Å². The van der Waals surface area contributed by atoms with Crippen LogP contribution in [0.5, 0.6) is 0 Å². The average molecular weight is 255 g/mol. The number of anilines is 1. The van der Waals surface area contributed by atoms with Gasteiger partial charge in [0, 0.05) is 7.05 Å². The van der Waals surface area contributed by atoms with E-state index in [4.69, 9.17) is 0 Å². The number of amides is 1. The van der Waals surface area contributed by atoms with E-state index in [9.17, 15) is 9.59 Å². The lowest BCUT2D eigenvalue weighted by molar-refractivity contribution is -0.151. The minimum atomic E-state index is -0.743. The van der Waals surface area contributed by atoms with Gasteiger partial charge in [0.25, 0.3) is 0 Å². The predicted octanol–water partition coefficient (Wildman–Crippen LogP) is 2.16. The van der Waals surface area contributed by atoms with Gasteiger partial charge in [0.05, 0.1) is 12.1 Å². The largest absolute Gasteiger partial charge is 0.468 e. The lowest BCUT2D eigenvalue weighted by Crippen LogP contribution is -2.40. The van der Waals surface area contributed by atoms with Gasteiger partial charge < -0.3 is 9.64 Å². The molecule has 1 atom stereocenters. The summed E-state index contributed by atoms with van der Waals surface area (Å²) in [4.78, 5) is 25.3. The summed E-state index contributed by atoms with van der Waals surface area (Å²) in [5, 5.41) is 2.71. The SMILES string of the molecule is COC(=O)C(C(=O)N(C)c1cccs1)C(C)C. The number of esters is 1. The summed E-state index contributed by atoms with van der Waals surface area (Å²) in [7, 11) is 2.97. The maximum atomic E-state index is 12.2. The molecule has 0 fully saturated rings. The molecule has 1 aromatic heterocycles. The molecule has 1 rings (SSSR count). The molecule has 5 heteroatoms. The summed E-state index contributed by atoms with van der Waals surface area (Å²) >= 11 is 1.46. The van der Waals surface area contributed by atoms with E-state index in [1.165, 1.54) is 23.3 Å². The molecule has 0 spiro atoms. The second-order valence-electron chi connectivity index (χ2n) is 4.09. The molecule has 0 N–H and O–H groups in total. The number of nitrogens with zero attached hydrogens (tertiary/aromatic N) is 1. The highest BCUT2D eigenvalue weighted by Crippen LogP contribution is 2.24. The molecule has 0 radical (unpaired) electrons. The molecule has 0 aromatic carbocycles. The molecular formula is C12H17NO3S. The summed E-state index contributed by atoms with van der Waals surface area (Å²) < 4.78 is 4.68. The molecule has 4 nitrogen and oxygen atoms in total. The van der Waals surface area contributed by atoms with Gasteiger partial charge in [0.15, 0.2) is 0 Å². The first-order valence-corrected chi connectivity index (χ1v) is 6.26. The molecule has 0 saturated carbocycles. The minimum absolute atomic E-state index is 0.0858. The zero-order valence-electron chi connectivity index (χ0n) is 10.5. The van der Waals surface area contributed by atoms with E-state index in [1.54, 1.807) is 7.05 Å². The molecule has 1 amide bonds. The van der Waals surface area contributed by atoms with Crippen LogP contribution in [0, 0.1) is 11.8 Å². The normalized spacial score (nSPS) is 12.3. The molecular weight excluding hydrogens is 238 g/mol. The smallest absolute Gasteiger partial charge is 0.318 e. The molecule has 0 saturated heterocycles. The van der Waals surface area contributed by atoms with Gasteiger partial charge in [-0.1, -0.05) is 13.8 Å². The maximum Gasteiger partial charge on any atom is 0.318 e. The van der Waals surface area contributed by atoms with Crippen molar-refractivity contribution in [3.63, 3.8) is 0 Å². The van der Waals surface area contributed by atoms with E-state index in [0.717, 1.165) is 5.00 Å².